The highest BCUT2D eigenvalue weighted by molar-refractivity contribution is 5.79. The summed E-state index contributed by atoms with van der Waals surface area (Å²) in [6.07, 6.45) is 0.739. The van der Waals surface area contributed by atoms with E-state index in [4.69, 9.17) is 4.74 Å². The summed E-state index contributed by atoms with van der Waals surface area (Å²) in [5.41, 5.74) is 0. The summed E-state index contributed by atoms with van der Waals surface area (Å²) in [7, 11) is 0. The summed E-state index contributed by atoms with van der Waals surface area (Å²) in [5.74, 6) is 0.449. The van der Waals surface area contributed by atoms with Crippen LogP contribution in [0.15, 0.2) is 24.3 Å². The average Bonchev–Trinajstić information content (AvgIpc) is 2.93. The van der Waals surface area contributed by atoms with E-state index in [-0.39, 0.29) is 23.7 Å². The molecule has 0 spiro atoms. The van der Waals surface area contributed by atoms with E-state index in [0.29, 0.717) is 12.3 Å². The molecular formula is C14H19FN2O2. The first-order valence-electron chi connectivity index (χ1n) is 6.56. The summed E-state index contributed by atoms with van der Waals surface area (Å²) in [4.78, 5) is 11.8. The first kappa shape index (κ1) is 13.8. The van der Waals surface area contributed by atoms with Crippen LogP contribution in [0.2, 0.25) is 0 Å². The molecule has 2 unspecified atom stereocenters. The van der Waals surface area contributed by atoms with E-state index in [2.05, 4.69) is 10.6 Å². The number of ether oxygens (including phenoxy) is 1. The lowest BCUT2D eigenvalue weighted by atomic mass is 10.1. The van der Waals surface area contributed by atoms with Crippen LogP contribution < -0.4 is 15.4 Å². The Bertz CT molecular complexity index is 416. The lowest BCUT2D eigenvalue weighted by Gasteiger charge is -2.17. The Labute approximate surface area is 112 Å². The van der Waals surface area contributed by atoms with E-state index in [0.717, 1.165) is 19.5 Å². The summed E-state index contributed by atoms with van der Waals surface area (Å²) >= 11 is 0. The van der Waals surface area contributed by atoms with Gasteiger partial charge in [-0.2, -0.15) is 0 Å². The van der Waals surface area contributed by atoms with E-state index in [1.54, 1.807) is 12.1 Å². The molecule has 5 heteroatoms. The number of rotatable bonds is 5. The molecule has 1 heterocycles. The van der Waals surface area contributed by atoms with Crippen molar-refractivity contribution in [3.63, 3.8) is 0 Å². The van der Waals surface area contributed by atoms with Crippen LogP contribution in [-0.4, -0.2) is 31.6 Å². The van der Waals surface area contributed by atoms with Crippen molar-refractivity contribution in [2.75, 3.05) is 19.6 Å². The number of benzene rings is 1. The molecule has 0 radical (unpaired) electrons. The lowest BCUT2D eigenvalue weighted by Crippen LogP contribution is -2.38. The minimum atomic E-state index is -0.290. The van der Waals surface area contributed by atoms with Crippen LogP contribution in [0.5, 0.6) is 5.75 Å². The van der Waals surface area contributed by atoms with Crippen LogP contribution in [0.1, 0.15) is 13.3 Å². The Kier molecular flexibility index (Phi) is 4.74. The predicted octanol–water partition coefficient (Wildman–Crippen LogP) is 1.32. The van der Waals surface area contributed by atoms with Crippen LogP contribution in [0.25, 0.3) is 0 Å². The summed E-state index contributed by atoms with van der Waals surface area (Å²) in [6.45, 7) is 3.97. The molecule has 1 aromatic rings. The Morgan fingerprint density at radius 2 is 2.26 bits per heavy atom. The second-order valence-corrected chi connectivity index (χ2v) is 4.82. The fraction of sp³-hybridized carbons (Fsp3) is 0.500. The lowest BCUT2D eigenvalue weighted by molar-refractivity contribution is -0.124. The first-order valence-corrected chi connectivity index (χ1v) is 6.56. The maximum absolute atomic E-state index is 12.7. The van der Waals surface area contributed by atoms with Crippen LogP contribution in [0.4, 0.5) is 4.39 Å². The molecule has 104 valence electrons. The highest BCUT2D eigenvalue weighted by atomic mass is 19.1. The van der Waals surface area contributed by atoms with Crippen molar-refractivity contribution in [1.82, 2.24) is 10.6 Å². The number of hydrogen-bond donors (Lipinski definition) is 2. The fourth-order valence-corrected chi connectivity index (χ4v) is 2.05. The average molecular weight is 266 g/mol. The molecule has 2 atom stereocenters. The number of carbonyl (C=O) groups is 1. The second kappa shape index (κ2) is 6.52. The molecular weight excluding hydrogens is 247 g/mol. The number of hydrogen-bond acceptors (Lipinski definition) is 3. The Hall–Kier alpha value is -1.62. The number of carbonyl (C=O) groups excluding carboxylic acids is 1. The zero-order chi connectivity index (χ0) is 13.7. The van der Waals surface area contributed by atoms with Gasteiger partial charge in [-0.25, -0.2) is 4.39 Å². The largest absolute Gasteiger partial charge is 0.489 e. The van der Waals surface area contributed by atoms with Crippen molar-refractivity contribution in [2.24, 2.45) is 5.92 Å². The van der Waals surface area contributed by atoms with Gasteiger partial charge in [-0.3, -0.25) is 4.79 Å². The highest BCUT2D eigenvalue weighted by Crippen LogP contribution is 2.13. The second-order valence-electron chi connectivity index (χ2n) is 4.82. The Morgan fingerprint density at radius 1 is 1.53 bits per heavy atom. The van der Waals surface area contributed by atoms with Gasteiger partial charge in [-0.1, -0.05) is 0 Å². The Morgan fingerprint density at radius 3 is 2.89 bits per heavy atom. The van der Waals surface area contributed by atoms with E-state index >= 15 is 0 Å². The van der Waals surface area contributed by atoms with Gasteiger partial charge >= 0.3 is 0 Å². The molecule has 2 rings (SSSR count). The van der Waals surface area contributed by atoms with Gasteiger partial charge in [0, 0.05) is 6.54 Å². The third kappa shape index (κ3) is 4.21. The van der Waals surface area contributed by atoms with Gasteiger partial charge in [0.2, 0.25) is 5.91 Å². The van der Waals surface area contributed by atoms with Crippen LogP contribution in [-0.2, 0) is 4.79 Å². The van der Waals surface area contributed by atoms with Gasteiger partial charge in [0.25, 0.3) is 0 Å². The molecule has 1 aliphatic heterocycles. The van der Waals surface area contributed by atoms with E-state index in [1.807, 2.05) is 6.92 Å². The topological polar surface area (TPSA) is 50.4 Å². The van der Waals surface area contributed by atoms with Gasteiger partial charge in [0.05, 0.1) is 12.5 Å². The van der Waals surface area contributed by atoms with E-state index in [1.165, 1.54) is 12.1 Å². The number of amides is 1. The molecule has 1 saturated heterocycles. The summed E-state index contributed by atoms with van der Waals surface area (Å²) < 4.78 is 18.3. The van der Waals surface area contributed by atoms with Crippen molar-refractivity contribution < 1.29 is 13.9 Å². The predicted molar refractivity (Wildman–Crippen MR) is 70.5 cm³/mol. The van der Waals surface area contributed by atoms with Crippen molar-refractivity contribution in [1.29, 1.82) is 0 Å². The molecule has 1 amide bonds. The standard InChI is InChI=1S/C14H19FN2O2/c1-10(19-13-4-2-12(15)3-5-13)8-17-14(18)11-6-7-16-9-11/h2-5,10-11,16H,6-9H2,1H3,(H,17,18). The van der Waals surface area contributed by atoms with Crippen LogP contribution in [0, 0.1) is 11.7 Å². The molecule has 1 aromatic carbocycles. The van der Waals surface area contributed by atoms with Gasteiger partial charge in [-0.15, -0.1) is 0 Å². The van der Waals surface area contributed by atoms with Crippen molar-refractivity contribution >= 4 is 5.91 Å². The molecule has 4 nitrogen and oxygen atoms in total. The number of nitrogens with one attached hydrogen (secondary N) is 2. The summed E-state index contributed by atoms with van der Waals surface area (Å²) in [5, 5.41) is 6.04. The molecule has 0 bridgehead atoms. The Balaban J connectivity index is 1.73. The van der Waals surface area contributed by atoms with E-state index in [9.17, 15) is 9.18 Å². The van der Waals surface area contributed by atoms with Crippen molar-refractivity contribution in [3.05, 3.63) is 30.1 Å². The normalized spacial score (nSPS) is 20.0. The summed E-state index contributed by atoms with van der Waals surface area (Å²) in [6, 6.07) is 5.86. The molecule has 0 aliphatic carbocycles. The van der Waals surface area contributed by atoms with Gasteiger partial charge in [0.15, 0.2) is 0 Å². The molecule has 2 N–H and O–H groups in total. The van der Waals surface area contributed by atoms with Gasteiger partial charge in [0.1, 0.15) is 17.7 Å². The zero-order valence-corrected chi connectivity index (χ0v) is 11.0. The number of halogens is 1. The molecule has 1 aliphatic rings. The van der Waals surface area contributed by atoms with Crippen molar-refractivity contribution in [2.45, 2.75) is 19.4 Å². The third-order valence-corrected chi connectivity index (χ3v) is 3.15. The van der Waals surface area contributed by atoms with Crippen LogP contribution >= 0.6 is 0 Å². The zero-order valence-electron chi connectivity index (χ0n) is 11.0. The maximum Gasteiger partial charge on any atom is 0.224 e. The van der Waals surface area contributed by atoms with Crippen LogP contribution in [0.3, 0.4) is 0 Å². The highest BCUT2D eigenvalue weighted by Gasteiger charge is 2.22. The minimum absolute atomic E-state index is 0.0676. The fourth-order valence-electron chi connectivity index (χ4n) is 2.05. The van der Waals surface area contributed by atoms with Gasteiger partial charge in [-0.05, 0) is 44.2 Å². The monoisotopic (exact) mass is 266 g/mol. The third-order valence-electron chi connectivity index (χ3n) is 3.15. The molecule has 0 saturated carbocycles. The molecule has 19 heavy (non-hydrogen) atoms. The van der Waals surface area contributed by atoms with E-state index < -0.39 is 0 Å². The SMILES string of the molecule is CC(CNC(=O)C1CCNC1)Oc1ccc(F)cc1. The molecule has 1 fully saturated rings. The quantitative estimate of drug-likeness (QED) is 0.845. The minimum Gasteiger partial charge on any atom is -0.489 e. The van der Waals surface area contributed by atoms with Gasteiger partial charge < -0.3 is 15.4 Å². The molecule has 0 aromatic heterocycles. The smallest absolute Gasteiger partial charge is 0.224 e. The maximum atomic E-state index is 12.7. The first-order chi connectivity index (χ1) is 9.15. The van der Waals surface area contributed by atoms with Crippen molar-refractivity contribution in [3.8, 4) is 5.75 Å².